The van der Waals surface area contributed by atoms with Crippen LogP contribution < -0.4 is 0 Å². The highest BCUT2D eigenvalue weighted by atomic mass is 16.6. The van der Waals surface area contributed by atoms with Crippen LogP contribution >= 0.6 is 0 Å². The highest BCUT2D eigenvalue weighted by Crippen LogP contribution is 2.13. The van der Waals surface area contributed by atoms with Crippen molar-refractivity contribution < 1.29 is 53.2 Å². The summed E-state index contributed by atoms with van der Waals surface area (Å²) in [6, 6.07) is 0. The Hall–Kier alpha value is -3.50. The van der Waals surface area contributed by atoms with Crippen LogP contribution in [0.25, 0.3) is 0 Å². The SMILES string of the molecule is CCCCCCCC/C=C\CCCCCCCCCC(=O)OCC(=O)O.CCCCCCCC/C=C\CCCCCCCCCC(=O)OCC(=O)O.CCOC(=O)CCC(C)=O. The smallest absolute Gasteiger partial charge is 0.341 e. The lowest BCUT2D eigenvalue weighted by atomic mass is 10.1. The Bertz CT molecular complexity index is 1050. The number of esters is 3. The van der Waals surface area contributed by atoms with Crippen LogP contribution in [0, 0.1) is 0 Å². The molecular weight excluding hydrogens is 789 g/mol. The molecule has 0 saturated carbocycles. The molecule has 0 heterocycles. The molecule has 0 aromatic heterocycles. The largest absolute Gasteiger partial charge is 0.479 e. The zero-order chi connectivity index (χ0) is 46.6. The van der Waals surface area contributed by atoms with Gasteiger partial charge >= 0.3 is 29.8 Å². The van der Waals surface area contributed by atoms with Crippen molar-refractivity contribution in [1.82, 2.24) is 0 Å². The highest BCUT2D eigenvalue weighted by molar-refractivity contribution is 5.81. The number of ether oxygens (including phenoxy) is 3. The molecule has 62 heavy (non-hydrogen) atoms. The molecule has 0 unspecified atom stereocenters. The second-order valence-electron chi connectivity index (χ2n) is 16.2. The normalized spacial score (nSPS) is 10.8. The van der Waals surface area contributed by atoms with Gasteiger partial charge in [0.2, 0.25) is 0 Å². The first kappa shape index (κ1) is 62.8. The fraction of sp³-hybridized carbons (Fsp3) is 0.804. The first-order chi connectivity index (χ1) is 30.0. The van der Waals surface area contributed by atoms with E-state index in [0.717, 1.165) is 38.5 Å². The van der Waals surface area contributed by atoms with E-state index >= 15 is 0 Å². The van der Waals surface area contributed by atoms with Gasteiger partial charge in [0.05, 0.1) is 13.0 Å². The Labute approximate surface area is 378 Å². The fourth-order valence-corrected chi connectivity index (χ4v) is 6.33. The maximum absolute atomic E-state index is 11.2. The highest BCUT2D eigenvalue weighted by Gasteiger charge is 2.07. The van der Waals surface area contributed by atoms with Gasteiger partial charge in [0.1, 0.15) is 5.78 Å². The average Bonchev–Trinajstić information content (AvgIpc) is 3.24. The molecule has 0 aromatic carbocycles. The molecule has 0 aromatic rings. The lowest BCUT2D eigenvalue weighted by Gasteiger charge is -2.02. The van der Waals surface area contributed by atoms with Crippen LogP contribution in [-0.2, 0) is 43.0 Å². The van der Waals surface area contributed by atoms with Gasteiger partial charge in [0, 0.05) is 19.3 Å². The van der Waals surface area contributed by atoms with E-state index < -0.39 is 37.1 Å². The van der Waals surface area contributed by atoms with Crippen molar-refractivity contribution in [1.29, 1.82) is 0 Å². The van der Waals surface area contributed by atoms with E-state index in [-0.39, 0.29) is 18.2 Å². The lowest BCUT2D eigenvalue weighted by molar-refractivity contribution is -0.155. The van der Waals surface area contributed by atoms with Crippen molar-refractivity contribution in [2.45, 2.75) is 246 Å². The molecule has 0 aliphatic heterocycles. The van der Waals surface area contributed by atoms with E-state index in [1.165, 1.54) is 161 Å². The van der Waals surface area contributed by atoms with Gasteiger partial charge in [-0.3, -0.25) is 14.4 Å². The summed E-state index contributed by atoms with van der Waals surface area (Å²) in [6.07, 6.45) is 47.8. The van der Waals surface area contributed by atoms with Gasteiger partial charge in [-0.05, 0) is 78.1 Å². The van der Waals surface area contributed by atoms with Gasteiger partial charge in [-0.15, -0.1) is 0 Å². The zero-order valence-corrected chi connectivity index (χ0v) is 40.0. The minimum Gasteiger partial charge on any atom is -0.479 e. The van der Waals surface area contributed by atoms with Crippen LogP contribution in [0.3, 0.4) is 0 Å². The number of hydrogen-bond donors (Lipinski definition) is 2. The number of rotatable bonds is 42. The van der Waals surface area contributed by atoms with Gasteiger partial charge in [-0.1, -0.05) is 167 Å². The number of carboxylic acid groups (broad SMARTS) is 2. The lowest BCUT2D eigenvalue weighted by Crippen LogP contribution is -2.12. The molecule has 0 rings (SSSR count). The van der Waals surface area contributed by atoms with Crippen molar-refractivity contribution in [2.24, 2.45) is 0 Å². The molecule has 0 saturated heterocycles. The van der Waals surface area contributed by atoms with Gasteiger partial charge in [0.15, 0.2) is 13.2 Å². The van der Waals surface area contributed by atoms with Crippen LogP contribution in [0.4, 0.5) is 0 Å². The number of aliphatic carboxylic acids is 2. The minimum atomic E-state index is -1.10. The number of carboxylic acids is 2. The summed E-state index contributed by atoms with van der Waals surface area (Å²) in [5.74, 6) is -3.28. The van der Waals surface area contributed by atoms with E-state index in [4.69, 9.17) is 10.2 Å². The van der Waals surface area contributed by atoms with Crippen LogP contribution in [-0.4, -0.2) is 65.7 Å². The first-order valence-electron chi connectivity index (χ1n) is 24.7. The summed E-state index contributed by atoms with van der Waals surface area (Å²) in [7, 11) is 0. The molecule has 0 amide bonds. The van der Waals surface area contributed by atoms with E-state index in [0.29, 0.717) is 25.9 Å². The van der Waals surface area contributed by atoms with Crippen molar-refractivity contribution >= 4 is 35.6 Å². The number of ketones is 1. The second-order valence-corrected chi connectivity index (χ2v) is 16.2. The summed E-state index contributed by atoms with van der Waals surface area (Å²) < 4.78 is 13.8. The molecule has 362 valence electrons. The molecule has 0 aliphatic rings. The number of unbranched alkanes of at least 4 members (excludes halogenated alkanes) is 26. The van der Waals surface area contributed by atoms with Crippen molar-refractivity contribution in [3.8, 4) is 0 Å². The van der Waals surface area contributed by atoms with Crippen LogP contribution in [0.2, 0.25) is 0 Å². The number of carbonyl (C=O) groups excluding carboxylic acids is 4. The Balaban J connectivity index is -0.000000922. The number of carbonyl (C=O) groups is 6. The van der Waals surface area contributed by atoms with E-state index in [1.54, 1.807) is 6.92 Å². The van der Waals surface area contributed by atoms with Crippen LogP contribution in [0.1, 0.15) is 246 Å². The molecule has 0 bridgehead atoms. The molecule has 11 heteroatoms. The van der Waals surface area contributed by atoms with Gasteiger partial charge in [-0.25, -0.2) is 9.59 Å². The third-order valence-corrected chi connectivity index (χ3v) is 9.99. The van der Waals surface area contributed by atoms with Crippen LogP contribution in [0.15, 0.2) is 24.3 Å². The van der Waals surface area contributed by atoms with Crippen molar-refractivity contribution in [2.75, 3.05) is 19.8 Å². The van der Waals surface area contributed by atoms with E-state index in [1.807, 2.05) is 0 Å². The maximum Gasteiger partial charge on any atom is 0.341 e. The quantitative estimate of drug-likeness (QED) is 0.0259. The van der Waals surface area contributed by atoms with Gasteiger partial charge in [-0.2, -0.15) is 0 Å². The van der Waals surface area contributed by atoms with Gasteiger partial charge in [0.25, 0.3) is 0 Å². The minimum absolute atomic E-state index is 0.0213. The summed E-state index contributed by atoms with van der Waals surface area (Å²) in [4.78, 5) is 63.9. The summed E-state index contributed by atoms with van der Waals surface area (Å²) >= 11 is 0. The summed E-state index contributed by atoms with van der Waals surface area (Å²) in [6.45, 7) is 7.06. The predicted molar refractivity (Wildman–Crippen MR) is 251 cm³/mol. The predicted octanol–water partition coefficient (Wildman–Crippen LogP) is 13.8. The van der Waals surface area contributed by atoms with Crippen molar-refractivity contribution in [3.63, 3.8) is 0 Å². The number of allylic oxidation sites excluding steroid dienone is 4. The molecular formula is C51H92O11. The van der Waals surface area contributed by atoms with E-state index in [2.05, 4.69) is 52.4 Å². The Kier molecular flexibility index (Phi) is 54.3. The third-order valence-electron chi connectivity index (χ3n) is 9.99. The molecule has 0 aliphatic carbocycles. The van der Waals surface area contributed by atoms with E-state index in [9.17, 15) is 28.8 Å². The molecule has 2 N–H and O–H groups in total. The third kappa shape index (κ3) is 63.1. The average molecular weight is 881 g/mol. The Morgan fingerprint density at radius 1 is 0.355 bits per heavy atom. The number of Topliss-reactive ketones (excluding diaryl/α,β-unsaturated/α-hetero) is 1. The van der Waals surface area contributed by atoms with Gasteiger partial charge < -0.3 is 29.2 Å². The Morgan fingerprint density at radius 2 is 0.629 bits per heavy atom. The Morgan fingerprint density at radius 3 is 0.903 bits per heavy atom. The second kappa shape index (κ2) is 53.6. The first-order valence-corrected chi connectivity index (χ1v) is 24.7. The van der Waals surface area contributed by atoms with Crippen molar-refractivity contribution in [3.05, 3.63) is 24.3 Å². The fourth-order valence-electron chi connectivity index (χ4n) is 6.33. The molecule has 0 radical (unpaired) electrons. The number of hydrogen-bond acceptors (Lipinski definition) is 9. The molecule has 0 atom stereocenters. The molecule has 11 nitrogen and oxygen atoms in total. The van der Waals surface area contributed by atoms with Crippen LogP contribution in [0.5, 0.6) is 0 Å². The zero-order valence-electron chi connectivity index (χ0n) is 40.0. The topological polar surface area (TPSA) is 171 Å². The summed E-state index contributed by atoms with van der Waals surface area (Å²) in [5, 5.41) is 16.8. The maximum atomic E-state index is 11.2. The molecule has 0 spiro atoms. The monoisotopic (exact) mass is 881 g/mol. The molecule has 0 fully saturated rings. The summed E-state index contributed by atoms with van der Waals surface area (Å²) in [5.41, 5.74) is 0. The standard InChI is InChI=1S/2C22H40O4.C7H12O3/c2*1-2-3-4-5-6-7-8-9-10-11-12-13-14-15-16-17-18-19-22(25)26-20-21(23)24;1-3-10-7(9)5-4-6(2)8/h2*9-10H,2-8,11-20H2,1H3,(H,23,24);3-5H2,1-2H3/b2*10-9-;.